The Hall–Kier alpha value is -2.57. The Bertz CT molecular complexity index is 661. The minimum atomic E-state index is -1.64. The number of halogens is 3. The summed E-state index contributed by atoms with van der Waals surface area (Å²) in [4.78, 5) is 15.5. The zero-order valence-corrected chi connectivity index (χ0v) is 10.4. The van der Waals surface area contributed by atoms with E-state index in [0.717, 1.165) is 17.7 Å². The van der Waals surface area contributed by atoms with Crippen LogP contribution in [-0.2, 0) is 0 Å². The Balaban J connectivity index is 2.11. The maximum Gasteiger partial charge on any atom is 0.324 e. The fourth-order valence-corrected chi connectivity index (χ4v) is 1.50. The third kappa shape index (κ3) is 3.05. The summed E-state index contributed by atoms with van der Waals surface area (Å²) in [6.07, 6.45) is 1.49. The molecule has 0 unspecified atom stereocenters. The largest absolute Gasteiger partial charge is 0.324 e. The highest BCUT2D eigenvalue weighted by molar-refractivity contribution is 5.99. The van der Waals surface area contributed by atoms with E-state index in [9.17, 15) is 18.0 Å². The van der Waals surface area contributed by atoms with Gasteiger partial charge in [0.05, 0.1) is 5.69 Å². The number of carbonyl (C=O) groups is 1. The minimum absolute atomic E-state index is 0.255. The Morgan fingerprint density at radius 3 is 2.55 bits per heavy atom. The summed E-state index contributed by atoms with van der Waals surface area (Å²) < 4.78 is 39.1. The monoisotopic (exact) mass is 281 g/mol. The second-order valence-electron chi connectivity index (χ2n) is 4.02. The van der Waals surface area contributed by atoms with Crippen molar-refractivity contribution in [1.82, 2.24) is 4.98 Å². The van der Waals surface area contributed by atoms with Gasteiger partial charge in [-0.05, 0) is 36.8 Å². The molecule has 7 heteroatoms. The number of carbonyl (C=O) groups excluding carboxylic acids is 1. The smallest absolute Gasteiger partial charge is 0.305 e. The molecule has 1 heterocycles. The summed E-state index contributed by atoms with van der Waals surface area (Å²) in [5, 5.41) is 4.42. The fourth-order valence-electron chi connectivity index (χ4n) is 1.50. The molecule has 0 spiro atoms. The number of rotatable bonds is 2. The number of hydrogen-bond donors (Lipinski definition) is 2. The van der Waals surface area contributed by atoms with Crippen LogP contribution in [0, 0.1) is 24.4 Å². The molecule has 0 atom stereocenters. The third-order valence-corrected chi connectivity index (χ3v) is 2.44. The van der Waals surface area contributed by atoms with E-state index in [1.165, 1.54) is 6.20 Å². The van der Waals surface area contributed by atoms with Gasteiger partial charge in [-0.25, -0.2) is 22.9 Å². The van der Waals surface area contributed by atoms with Gasteiger partial charge in [-0.3, -0.25) is 5.32 Å². The van der Waals surface area contributed by atoms with Crippen LogP contribution in [0.3, 0.4) is 0 Å². The summed E-state index contributed by atoms with van der Waals surface area (Å²) in [6.45, 7) is 1.81. The lowest BCUT2D eigenvalue weighted by molar-refractivity contribution is 0.262. The van der Waals surface area contributed by atoms with Crippen molar-refractivity contribution in [2.75, 3.05) is 10.6 Å². The molecule has 20 heavy (non-hydrogen) atoms. The first-order valence-corrected chi connectivity index (χ1v) is 5.61. The zero-order chi connectivity index (χ0) is 14.7. The van der Waals surface area contributed by atoms with Crippen molar-refractivity contribution in [2.45, 2.75) is 6.92 Å². The summed E-state index contributed by atoms with van der Waals surface area (Å²) in [7, 11) is 0. The predicted molar refractivity (Wildman–Crippen MR) is 67.9 cm³/mol. The lowest BCUT2D eigenvalue weighted by atomic mass is 10.3. The molecule has 1 aromatic carbocycles. The van der Waals surface area contributed by atoms with E-state index in [-0.39, 0.29) is 5.82 Å². The highest BCUT2D eigenvalue weighted by atomic mass is 19.2. The Morgan fingerprint density at radius 2 is 1.85 bits per heavy atom. The van der Waals surface area contributed by atoms with E-state index < -0.39 is 29.2 Å². The number of aromatic nitrogens is 1. The van der Waals surface area contributed by atoms with Gasteiger partial charge in [-0.1, -0.05) is 0 Å². The van der Waals surface area contributed by atoms with Gasteiger partial charge in [0.15, 0.2) is 17.5 Å². The lowest BCUT2D eigenvalue weighted by Crippen LogP contribution is -2.21. The molecule has 0 saturated heterocycles. The zero-order valence-electron chi connectivity index (χ0n) is 10.4. The van der Waals surface area contributed by atoms with E-state index in [4.69, 9.17) is 0 Å². The number of nitrogens with zero attached hydrogens (tertiary/aromatic N) is 1. The van der Waals surface area contributed by atoms with Crippen LogP contribution in [0.4, 0.5) is 29.5 Å². The Labute approximate surface area is 112 Å². The molecular formula is C13H10F3N3O. The van der Waals surface area contributed by atoms with Crippen molar-refractivity contribution in [1.29, 1.82) is 0 Å². The standard InChI is InChI=1S/C13H10F3N3O/c1-7-4-5-17-10(6-7)19-13(20)18-9-3-2-8(14)11(15)12(9)16/h2-6H,1H3,(H2,17,18,19,20). The topological polar surface area (TPSA) is 54.0 Å². The quantitative estimate of drug-likeness (QED) is 0.828. The summed E-state index contributed by atoms with van der Waals surface area (Å²) in [5.41, 5.74) is 0.406. The molecular weight excluding hydrogens is 271 g/mol. The molecule has 0 saturated carbocycles. The first kappa shape index (κ1) is 13.9. The molecule has 4 nitrogen and oxygen atoms in total. The fraction of sp³-hybridized carbons (Fsp3) is 0.0769. The average Bonchev–Trinajstić information content (AvgIpc) is 2.39. The average molecular weight is 281 g/mol. The molecule has 2 aromatic rings. The molecule has 0 aliphatic heterocycles. The van der Waals surface area contributed by atoms with Crippen LogP contribution in [0.5, 0.6) is 0 Å². The van der Waals surface area contributed by atoms with Gasteiger partial charge in [0.1, 0.15) is 5.82 Å². The number of amides is 2. The van der Waals surface area contributed by atoms with Crippen molar-refractivity contribution in [3.05, 3.63) is 53.5 Å². The van der Waals surface area contributed by atoms with E-state index in [1.54, 1.807) is 19.1 Å². The molecule has 2 rings (SSSR count). The number of urea groups is 1. The van der Waals surface area contributed by atoms with Crippen molar-refractivity contribution < 1.29 is 18.0 Å². The molecule has 0 bridgehead atoms. The molecule has 0 aliphatic carbocycles. The van der Waals surface area contributed by atoms with Gasteiger partial charge < -0.3 is 5.32 Å². The van der Waals surface area contributed by atoms with Crippen molar-refractivity contribution in [3.8, 4) is 0 Å². The van der Waals surface area contributed by atoms with Gasteiger partial charge in [-0.2, -0.15) is 0 Å². The molecule has 1 aromatic heterocycles. The van der Waals surface area contributed by atoms with Crippen LogP contribution in [0.15, 0.2) is 30.5 Å². The van der Waals surface area contributed by atoms with E-state index in [1.807, 2.05) is 0 Å². The van der Waals surface area contributed by atoms with Gasteiger partial charge in [0.2, 0.25) is 0 Å². The number of hydrogen-bond acceptors (Lipinski definition) is 2. The molecule has 2 amide bonds. The second-order valence-corrected chi connectivity index (χ2v) is 4.02. The Kier molecular flexibility index (Phi) is 3.88. The molecule has 0 aliphatic rings. The summed E-state index contributed by atoms with van der Waals surface area (Å²) in [5.74, 6) is -4.17. The van der Waals surface area contributed by atoms with Crippen LogP contribution in [0.1, 0.15) is 5.56 Å². The first-order valence-electron chi connectivity index (χ1n) is 5.61. The number of pyridine rings is 1. The van der Waals surface area contributed by atoms with E-state index in [2.05, 4.69) is 15.6 Å². The summed E-state index contributed by atoms with van der Waals surface area (Å²) in [6, 6.07) is 4.17. The first-order chi connectivity index (χ1) is 9.47. The maximum absolute atomic E-state index is 13.4. The maximum atomic E-state index is 13.4. The molecule has 104 valence electrons. The van der Waals surface area contributed by atoms with Crippen LogP contribution in [0.25, 0.3) is 0 Å². The van der Waals surface area contributed by atoms with E-state index in [0.29, 0.717) is 0 Å². The SMILES string of the molecule is Cc1ccnc(NC(=O)Nc2ccc(F)c(F)c2F)c1. The highest BCUT2D eigenvalue weighted by Gasteiger charge is 2.15. The molecule has 0 radical (unpaired) electrons. The van der Waals surface area contributed by atoms with Crippen LogP contribution >= 0.6 is 0 Å². The van der Waals surface area contributed by atoms with Gasteiger partial charge >= 0.3 is 6.03 Å². The minimum Gasteiger partial charge on any atom is -0.305 e. The Morgan fingerprint density at radius 1 is 1.10 bits per heavy atom. The van der Waals surface area contributed by atoms with Crippen molar-refractivity contribution >= 4 is 17.5 Å². The van der Waals surface area contributed by atoms with Crippen LogP contribution in [0.2, 0.25) is 0 Å². The van der Waals surface area contributed by atoms with E-state index >= 15 is 0 Å². The van der Waals surface area contributed by atoms with Gasteiger partial charge in [-0.15, -0.1) is 0 Å². The van der Waals surface area contributed by atoms with Crippen molar-refractivity contribution in [3.63, 3.8) is 0 Å². The van der Waals surface area contributed by atoms with Gasteiger partial charge in [0.25, 0.3) is 0 Å². The summed E-state index contributed by atoms with van der Waals surface area (Å²) >= 11 is 0. The molecule has 2 N–H and O–H groups in total. The third-order valence-electron chi connectivity index (χ3n) is 2.44. The lowest BCUT2D eigenvalue weighted by Gasteiger charge is -2.08. The number of anilines is 2. The van der Waals surface area contributed by atoms with Crippen LogP contribution < -0.4 is 10.6 Å². The van der Waals surface area contributed by atoms with Crippen LogP contribution in [-0.4, -0.2) is 11.0 Å². The number of nitrogens with one attached hydrogen (secondary N) is 2. The number of benzene rings is 1. The van der Waals surface area contributed by atoms with Gasteiger partial charge in [0, 0.05) is 6.20 Å². The second kappa shape index (κ2) is 5.60. The van der Waals surface area contributed by atoms with Crippen molar-refractivity contribution in [2.24, 2.45) is 0 Å². The predicted octanol–water partition coefficient (Wildman–Crippen LogP) is 3.45. The highest BCUT2D eigenvalue weighted by Crippen LogP contribution is 2.19. The normalized spacial score (nSPS) is 10.2. The molecule has 0 fully saturated rings. The number of aryl methyl sites for hydroxylation is 1.